The van der Waals surface area contributed by atoms with Crippen molar-refractivity contribution in [2.24, 2.45) is 0 Å². The Morgan fingerprint density at radius 3 is 2.90 bits per heavy atom. The number of ether oxygens (including phenoxy) is 1. The average molecular weight is 313 g/mol. The fraction of sp³-hybridized carbons (Fsp3) is 0.571. The Kier molecular flexibility index (Phi) is 5.21. The van der Waals surface area contributed by atoms with Gasteiger partial charge in [-0.25, -0.2) is 13.1 Å². The number of nitrogens with two attached hydrogens (primary N) is 1. The fourth-order valence-corrected chi connectivity index (χ4v) is 3.36. The maximum atomic E-state index is 12.3. The van der Waals surface area contributed by atoms with E-state index < -0.39 is 10.0 Å². The van der Waals surface area contributed by atoms with E-state index in [9.17, 15) is 8.42 Å². The van der Waals surface area contributed by atoms with Gasteiger partial charge >= 0.3 is 0 Å². The van der Waals surface area contributed by atoms with Crippen LogP contribution in [0.25, 0.3) is 0 Å². The summed E-state index contributed by atoms with van der Waals surface area (Å²) in [6.07, 6.45) is -0.115. The van der Waals surface area contributed by atoms with Crippen molar-refractivity contribution in [1.29, 1.82) is 0 Å². The summed E-state index contributed by atoms with van der Waals surface area (Å²) in [6, 6.07) is 4.76. The molecule has 118 valence electrons. The second-order valence-corrected chi connectivity index (χ2v) is 7.02. The molecule has 1 aliphatic rings. The lowest BCUT2D eigenvalue weighted by molar-refractivity contribution is -0.0229. The first-order valence-electron chi connectivity index (χ1n) is 7.12. The van der Waals surface area contributed by atoms with Crippen LogP contribution in [0.3, 0.4) is 0 Å². The minimum Gasteiger partial charge on any atom is -0.398 e. The zero-order chi connectivity index (χ0) is 15.5. The monoisotopic (exact) mass is 313 g/mol. The summed E-state index contributed by atoms with van der Waals surface area (Å²) in [5.74, 6) is 0. The summed E-state index contributed by atoms with van der Waals surface area (Å²) in [4.78, 5) is 2.43. The second-order valence-electron chi connectivity index (χ2n) is 5.26. The van der Waals surface area contributed by atoms with Gasteiger partial charge in [-0.15, -0.1) is 0 Å². The normalized spacial score (nSPS) is 20.6. The molecule has 0 radical (unpaired) electrons. The Morgan fingerprint density at radius 2 is 2.24 bits per heavy atom. The van der Waals surface area contributed by atoms with Crippen molar-refractivity contribution in [1.82, 2.24) is 9.62 Å². The average Bonchev–Trinajstić information content (AvgIpc) is 2.48. The molecule has 0 bridgehead atoms. The Balaban J connectivity index is 1.99. The minimum atomic E-state index is -3.55. The van der Waals surface area contributed by atoms with Gasteiger partial charge in [0.2, 0.25) is 10.0 Å². The van der Waals surface area contributed by atoms with Gasteiger partial charge in [0.1, 0.15) is 0 Å². The molecule has 2 rings (SSSR count). The SMILES string of the molecule is CCN1CCOC(CNS(=O)(=O)c2ccc(C)c(N)c2)C1. The number of nitrogen functional groups attached to an aromatic ring is 1. The summed E-state index contributed by atoms with van der Waals surface area (Å²) >= 11 is 0. The lowest BCUT2D eigenvalue weighted by atomic mass is 10.2. The fourth-order valence-electron chi connectivity index (χ4n) is 2.26. The molecule has 0 amide bonds. The number of sulfonamides is 1. The van der Waals surface area contributed by atoms with Gasteiger partial charge in [0, 0.05) is 25.3 Å². The van der Waals surface area contributed by atoms with Crippen molar-refractivity contribution in [3.8, 4) is 0 Å². The van der Waals surface area contributed by atoms with E-state index in [-0.39, 0.29) is 17.5 Å². The van der Waals surface area contributed by atoms with Crippen LogP contribution in [0.2, 0.25) is 0 Å². The van der Waals surface area contributed by atoms with Gasteiger partial charge in [0.15, 0.2) is 0 Å². The van der Waals surface area contributed by atoms with Crippen LogP contribution in [0.5, 0.6) is 0 Å². The van der Waals surface area contributed by atoms with Crippen molar-refractivity contribution < 1.29 is 13.2 Å². The molecule has 3 N–H and O–H groups in total. The first-order valence-corrected chi connectivity index (χ1v) is 8.60. The quantitative estimate of drug-likeness (QED) is 0.777. The molecule has 7 heteroatoms. The second kappa shape index (κ2) is 6.74. The summed E-state index contributed by atoms with van der Waals surface area (Å²) in [5, 5.41) is 0. The van der Waals surface area contributed by atoms with Gasteiger partial charge in [0.05, 0.1) is 17.6 Å². The van der Waals surface area contributed by atoms with Crippen LogP contribution in [0.4, 0.5) is 5.69 Å². The van der Waals surface area contributed by atoms with E-state index in [1.165, 1.54) is 6.07 Å². The number of nitrogens with zero attached hydrogens (tertiary/aromatic N) is 1. The lowest BCUT2D eigenvalue weighted by Gasteiger charge is -2.32. The van der Waals surface area contributed by atoms with Gasteiger partial charge in [0.25, 0.3) is 0 Å². The number of aryl methyl sites for hydroxylation is 1. The summed E-state index contributed by atoms with van der Waals surface area (Å²) in [5.41, 5.74) is 7.11. The number of likely N-dealkylation sites (N-methyl/N-ethyl adjacent to an activating group) is 1. The van der Waals surface area contributed by atoms with E-state index in [1.807, 2.05) is 6.92 Å². The Morgan fingerprint density at radius 1 is 1.48 bits per heavy atom. The molecule has 0 aliphatic carbocycles. The molecule has 1 heterocycles. The van der Waals surface area contributed by atoms with Crippen molar-refractivity contribution in [3.63, 3.8) is 0 Å². The number of hydrogen-bond acceptors (Lipinski definition) is 5. The molecule has 1 atom stereocenters. The first kappa shape index (κ1) is 16.2. The highest BCUT2D eigenvalue weighted by Crippen LogP contribution is 2.17. The van der Waals surface area contributed by atoms with Gasteiger partial charge in [-0.05, 0) is 31.2 Å². The molecule has 1 aromatic rings. The largest absolute Gasteiger partial charge is 0.398 e. The number of hydrogen-bond donors (Lipinski definition) is 2. The maximum absolute atomic E-state index is 12.3. The highest BCUT2D eigenvalue weighted by molar-refractivity contribution is 7.89. The van der Waals surface area contributed by atoms with Gasteiger partial charge < -0.3 is 10.5 Å². The standard InChI is InChI=1S/C14H23N3O3S/c1-3-17-6-7-20-12(10-17)9-16-21(18,19)13-5-4-11(2)14(15)8-13/h4-5,8,12,16H,3,6-7,9-10,15H2,1-2H3. The van der Waals surface area contributed by atoms with Gasteiger partial charge in [-0.1, -0.05) is 13.0 Å². The van der Waals surface area contributed by atoms with E-state index in [0.717, 1.165) is 25.2 Å². The molecule has 21 heavy (non-hydrogen) atoms. The molecular weight excluding hydrogens is 290 g/mol. The third kappa shape index (κ3) is 4.16. The highest BCUT2D eigenvalue weighted by Gasteiger charge is 2.22. The Bertz CT molecular complexity index is 589. The predicted octanol–water partition coefficient (Wildman–Crippen LogP) is 0.576. The molecule has 1 fully saturated rings. The van der Waals surface area contributed by atoms with Crippen LogP contribution < -0.4 is 10.5 Å². The van der Waals surface area contributed by atoms with Crippen molar-refractivity contribution in [2.45, 2.75) is 24.8 Å². The number of anilines is 1. The molecule has 1 unspecified atom stereocenters. The van der Waals surface area contributed by atoms with Crippen molar-refractivity contribution in [2.75, 3.05) is 38.5 Å². The van der Waals surface area contributed by atoms with E-state index in [0.29, 0.717) is 12.3 Å². The van der Waals surface area contributed by atoms with E-state index in [2.05, 4.69) is 16.5 Å². The predicted molar refractivity (Wildman–Crippen MR) is 82.6 cm³/mol. The number of benzene rings is 1. The third-order valence-electron chi connectivity index (χ3n) is 3.73. The van der Waals surface area contributed by atoms with Crippen LogP contribution >= 0.6 is 0 Å². The van der Waals surface area contributed by atoms with Gasteiger partial charge in [-0.2, -0.15) is 0 Å². The molecule has 1 aliphatic heterocycles. The first-order chi connectivity index (χ1) is 9.92. The van der Waals surface area contributed by atoms with Crippen molar-refractivity contribution >= 4 is 15.7 Å². The molecule has 0 saturated carbocycles. The number of nitrogens with one attached hydrogen (secondary N) is 1. The molecule has 0 aromatic heterocycles. The van der Waals surface area contributed by atoms with Crippen LogP contribution in [0, 0.1) is 6.92 Å². The Hall–Kier alpha value is -1.15. The van der Waals surface area contributed by atoms with E-state index in [4.69, 9.17) is 10.5 Å². The van der Waals surface area contributed by atoms with Gasteiger partial charge in [-0.3, -0.25) is 4.90 Å². The van der Waals surface area contributed by atoms with Crippen molar-refractivity contribution in [3.05, 3.63) is 23.8 Å². The zero-order valence-electron chi connectivity index (χ0n) is 12.5. The van der Waals surface area contributed by atoms with Crippen LogP contribution in [-0.2, 0) is 14.8 Å². The summed E-state index contributed by atoms with van der Waals surface area (Å²) in [7, 11) is -3.55. The zero-order valence-corrected chi connectivity index (χ0v) is 13.3. The van der Waals surface area contributed by atoms with E-state index >= 15 is 0 Å². The summed E-state index contributed by atoms with van der Waals surface area (Å²) in [6.45, 7) is 7.42. The third-order valence-corrected chi connectivity index (χ3v) is 5.15. The number of rotatable bonds is 5. The lowest BCUT2D eigenvalue weighted by Crippen LogP contribution is -2.47. The molecular formula is C14H23N3O3S. The molecule has 1 aromatic carbocycles. The van der Waals surface area contributed by atoms with Crippen LogP contribution in [-0.4, -0.2) is 52.2 Å². The molecule has 6 nitrogen and oxygen atoms in total. The highest BCUT2D eigenvalue weighted by atomic mass is 32.2. The van der Waals surface area contributed by atoms with E-state index in [1.54, 1.807) is 12.1 Å². The molecule has 1 saturated heterocycles. The minimum absolute atomic E-state index is 0.115. The van der Waals surface area contributed by atoms with Crippen LogP contribution in [0.15, 0.2) is 23.1 Å². The number of morpholine rings is 1. The molecule has 0 spiro atoms. The Labute approximate surface area is 126 Å². The summed E-state index contributed by atoms with van der Waals surface area (Å²) < 4.78 is 32.7. The maximum Gasteiger partial charge on any atom is 0.240 e. The smallest absolute Gasteiger partial charge is 0.240 e. The topological polar surface area (TPSA) is 84.7 Å². The van der Waals surface area contributed by atoms with Crippen LogP contribution in [0.1, 0.15) is 12.5 Å².